The topological polar surface area (TPSA) is 121 Å². The normalized spacial score (nSPS) is 15.5. The molecule has 2 amide bonds. The largest absolute Gasteiger partial charge is 0.354 e. The Labute approximate surface area is 187 Å². The van der Waals surface area contributed by atoms with Crippen molar-refractivity contribution in [3.63, 3.8) is 0 Å². The molecule has 0 radical (unpaired) electrons. The summed E-state index contributed by atoms with van der Waals surface area (Å²) in [6.45, 7) is 0.140. The second-order valence-corrected chi connectivity index (χ2v) is 11.0. The maximum absolute atomic E-state index is 12.7. The van der Waals surface area contributed by atoms with E-state index in [2.05, 4.69) is 20.0 Å². The van der Waals surface area contributed by atoms with Crippen LogP contribution in [0.4, 0.5) is 0 Å². The van der Waals surface area contributed by atoms with Crippen molar-refractivity contribution in [1.82, 2.24) is 20.0 Å². The highest BCUT2D eigenvalue weighted by Gasteiger charge is 2.36. The van der Waals surface area contributed by atoms with E-state index < -0.39 is 10.0 Å². The van der Waals surface area contributed by atoms with Crippen LogP contribution in [-0.4, -0.2) is 36.5 Å². The lowest BCUT2D eigenvalue weighted by molar-refractivity contribution is 0.0880. The molecule has 162 valence electrons. The molecule has 0 atom stereocenters. The molecule has 10 heteroatoms. The van der Waals surface area contributed by atoms with Crippen molar-refractivity contribution in [2.45, 2.75) is 25.8 Å². The lowest BCUT2D eigenvalue weighted by atomic mass is 9.93. The second-order valence-electron chi connectivity index (χ2n) is 8.20. The molecule has 32 heavy (non-hydrogen) atoms. The molecule has 2 aliphatic rings. The molecule has 3 heterocycles. The SMILES string of the molecule is CS(=O)(=O)NCc1nc(-c2ccc3[nH]c4c5c(c6c(c4c3c2)C(=O)NC6=O)CCC5)cs1. The molecule has 0 fully saturated rings. The molecule has 0 spiro atoms. The number of imide groups is 1. The Morgan fingerprint density at radius 1 is 1.12 bits per heavy atom. The molecule has 0 saturated heterocycles. The third-order valence-electron chi connectivity index (χ3n) is 6.13. The Bertz CT molecular complexity index is 1600. The molecule has 1 aliphatic heterocycles. The number of carbonyl (C=O) groups excluding carboxylic acids is 2. The average Bonchev–Trinajstić information content (AvgIpc) is 3.50. The lowest BCUT2D eigenvalue weighted by Gasteiger charge is -2.07. The van der Waals surface area contributed by atoms with Gasteiger partial charge in [-0.2, -0.15) is 0 Å². The fourth-order valence-corrected chi connectivity index (χ4v) is 6.07. The maximum atomic E-state index is 12.7. The molecule has 0 saturated carbocycles. The first-order chi connectivity index (χ1) is 15.3. The average molecular weight is 467 g/mol. The number of hydrogen-bond acceptors (Lipinski definition) is 6. The fraction of sp³-hybridized carbons (Fsp3) is 0.227. The number of sulfonamides is 1. The van der Waals surface area contributed by atoms with Gasteiger partial charge >= 0.3 is 0 Å². The van der Waals surface area contributed by atoms with Crippen LogP contribution in [0.1, 0.15) is 43.3 Å². The van der Waals surface area contributed by atoms with E-state index >= 15 is 0 Å². The number of hydrogen-bond donors (Lipinski definition) is 3. The number of fused-ring (bicyclic) bond motifs is 8. The minimum absolute atomic E-state index is 0.140. The van der Waals surface area contributed by atoms with E-state index in [0.29, 0.717) is 16.1 Å². The van der Waals surface area contributed by atoms with Crippen molar-refractivity contribution in [3.8, 4) is 11.3 Å². The van der Waals surface area contributed by atoms with Crippen molar-refractivity contribution in [2.24, 2.45) is 0 Å². The molecule has 0 unspecified atom stereocenters. The van der Waals surface area contributed by atoms with E-state index in [0.717, 1.165) is 69.7 Å². The maximum Gasteiger partial charge on any atom is 0.259 e. The standard InChI is InChI=1S/C22H18N4O4S2/c1-32(29,30)23-8-16-24-15(9-31-16)10-5-6-14-13(7-10)17-19-18(21(27)26-22(19)28)11-3-2-4-12(11)20(17)25-14/h5-7,9,23,25H,2-4,8H2,1H3,(H,26,27,28). The summed E-state index contributed by atoms with van der Waals surface area (Å²) in [4.78, 5) is 33.3. The number of carbonyl (C=O) groups is 2. The van der Waals surface area contributed by atoms with Crippen molar-refractivity contribution >= 4 is 55.0 Å². The number of aromatic amines is 1. The predicted molar refractivity (Wildman–Crippen MR) is 122 cm³/mol. The van der Waals surface area contributed by atoms with Crippen LogP contribution in [0.3, 0.4) is 0 Å². The number of aromatic nitrogens is 2. The summed E-state index contributed by atoms with van der Waals surface area (Å²) in [5, 5.41) is 6.68. The number of thiazole rings is 1. The summed E-state index contributed by atoms with van der Waals surface area (Å²) in [6, 6.07) is 5.89. The summed E-state index contributed by atoms with van der Waals surface area (Å²) in [7, 11) is -3.30. The van der Waals surface area contributed by atoms with Gasteiger partial charge in [0.2, 0.25) is 10.0 Å². The molecule has 3 N–H and O–H groups in total. The Hall–Kier alpha value is -3.08. The third-order valence-corrected chi connectivity index (χ3v) is 7.65. The highest BCUT2D eigenvalue weighted by Crippen LogP contribution is 2.42. The zero-order valence-corrected chi connectivity index (χ0v) is 18.7. The van der Waals surface area contributed by atoms with Gasteiger partial charge in [-0.05, 0) is 42.5 Å². The van der Waals surface area contributed by atoms with E-state index in [1.54, 1.807) is 0 Å². The van der Waals surface area contributed by atoms with Crippen LogP contribution in [0.5, 0.6) is 0 Å². The summed E-state index contributed by atoms with van der Waals surface area (Å²) in [5.74, 6) is -0.656. The first kappa shape index (κ1) is 19.6. The van der Waals surface area contributed by atoms with Crippen LogP contribution in [0, 0.1) is 0 Å². The van der Waals surface area contributed by atoms with Crippen LogP contribution in [0.25, 0.3) is 33.1 Å². The number of amides is 2. The van der Waals surface area contributed by atoms with Crippen molar-refractivity contribution in [2.75, 3.05) is 6.26 Å². The van der Waals surface area contributed by atoms with Crippen LogP contribution < -0.4 is 10.0 Å². The number of nitrogens with zero attached hydrogens (tertiary/aromatic N) is 1. The van der Waals surface area contributed by atoms with E-state index in [4.69, 9.17) is 0 Å². The zero-order chi connectivity index (χ0) is 22.2. The number of nitrogens with one attached hydrogen (secondary N) is 3. The van der Waals surface area contributed by atoms with Gasteiger partial charge in [0.25, 0.3) is 11.8 Å². The molecule has 4 aromatic rings. The Morgan fingerprint density at radius 3 is 2.72 bits per heavy atom. The molecule has 0 bridgehead atoms. The van der Waals surface area contributed by atoms with Crippen LogP contribution in [0.15, 0.2) is 23.6 Å². The smallest absolute Gasteiger partial charge is 0.259 e. The Kier molecular flexibility index (Phi) is 4.11. The van der Waals surface area contributed by atoms with Gasteiger partial charge in [0.05, 0.1) is 35.1 Å². The number of aryl methyl sites for hydroxylation is 1. The van der Waals surface area contributed by atoms with Gasteiger partial charge in [-0.25, -0.2) is 18.1 Å². The van der Waals surface area contributed by atoms with Gasteiger partial charge in [-0.1, -0.05) is 6.07 Å². The minimum atomic E-state index is -3.30. The van der Waals surface area contributed by atoms with Crippen molar-refractivity contribution < 1.29 is 18.0 Å². The summed E-state index contributed by atoms with van der Waals surface area (Å²) in [5.41, 5.74) is 6.54. The molecule has 1 aliphatic carbocycles. The van der Waals surface area contributed by atoms with Gasteiger partial charge in [-0.15, -0.1) is 11.3 Å². The quantitative estimate of drug-likeness (QED) is 0.400. The van der Waals surface area contributed by atoms with Gasteiger partial charge in [0.1, 0.15) is 5.01 Å². The summed E-state index contributed by atoms with van der Waals surface area (Å²) < 4.78 is 25.2. The van der Waals surface area contributed by atoms with Crippen molar-refractivity contribution in [1.29, 1.82) is 0 Å². The monoisotopic (exact) mass is 466 g/mol. The van der Waals surface area contributed by atoms with Gasteiger partial charge in [0.15, 0.2) is 0 Å². The molecular formula is C22H18N4O4S2. The Morgan fingerprint density at radius 2 is 1.91 bits per heavy atom. The summed E-state index contributed by atoms with van der Waals surface area (Å²) in [6.07, 6.45) is 3.76. The van der Waals surface area contributed by atoms with Gasteiger partial charge < -0.3 is 4.98 Å². The second kappa shape index (κ2) is 6.71. The number of H-pyrrole nitrogens is 1. The van der Waals surface area contributed by atoms with Crippen LogP contribution >= 0.6 is 11.3 Å². The minimum Gasteiger partial charge on any atom is -0.354 e. The van der Waals surface area contributed by atoms with Crippen molar-refractivity contribution in [3.05, 3.63) is 50.8 Å². The Balaban J connectivity index is 1.53. The van der Waals surface area contributed by atoms with E-state index in [9.17, 15) is 18.0 Å². The molecular weight excluding hydrogens is 448 g/mol. The fourth-order valence-electron chi connectivity index (χ4n) is 4.83. The first-order valence-electron chi connectivity index (χ1n) is 10.2. The highest BCUT2D eigenvalue weighted by molar-refractivity contribution is 7.88. The number of benzene rings is 2. The lowest BCUT2D eigenvalue weighted by Crippen LogP contribution is -2.21. The highest BCUT2D eigenvalue weighted by atomic mass is 32.2. The van der Waals surface area contributed by atoms with Crippen LogP contribution in [-0.2, 0) is 29.4 Å². The van der Waals surface area contributed by atoms with E-state index in [1.807, 2.05) is 23.6 Å². The zero-order valence-electron chi connectivity index (χ0n) is 17.0. The molecule has 8 nitrogen and oxygen atoms in total. The third kappa shape index (κ3) is 2.90. The molecule has 2 aromatic heterocycles. The predicted octanol–water partition coefficient (Wildman–Crippen LogP) is 2.87. The van der Waals surface area contributed by atoms with Gasteiger partial charge in [-0.3, -0.25) is 14.9 Å². The van der Waals surface area contributed by atoms with Crippen LogP contribution in [0.2, 0.25) is 0 Å². The molecule has 2 aromatic carbocycles. The first-order valence-corrected chi connectivity index (χ1v) is 13.0. The van der Waals surface area contributed by atoms with Gasteiger partial charge in [0, 0.05) is 27.2 Å². The molecule has 6 rings (SSSR count). The van der Waals surface area contributed by atoms with E-state index in [1.165, 1.54) is 11.3 Å². The van der Waals surface area contributed by atoms with E-state index in [-0.39, 0.29) is 18.4 Å². The summed E-state index contributed by atoms with van der Waals surface area (Å²) >= 11 is 1.38. The number of rotatable bonds is 4.